The molecule has 43 heavy (non-hydrogen) atoms. The average molecular weight is 593 g/mol. The van der Waals surface area contributed by atoms with Gasteiger partial charge in [-0.1, -0.05) is 30.7 Å². The SMILES string of the molecule is CC(C)(C)O.Cc1nc(CO)c(-c2ccc(OCCc3ccc(F)cc3)cc2)c(N2CCC3(CCC3)CC2)c1CC(=O)O. The molecule has 0 bridgehead atoms. The molecule has 8 heteroatoms. The third-order valence-corrected chi connectivity index (χ3v) is 8.30. The fourth-order valence-electron chi connectivity index (χ4n) is 5.95. The number of aryl methyl sites for hydroxylation is 1. The summed E-state index contributed by atoms with van der Waals surface area (Å²) in [7, 11) is 0. The second-order valence-corrected chi connectivity index (χ2v) is 12.8. The number of pyridine rings is 1. The molecule has 232 valence electrons. The zero-order chi connectivity index (χ0) is 31.2. The molecule has 2 aromatic carbocycles. The van der Waals surface area contributed by atoms with Gasteiger partial charge in [0.1, 0.15) is 11.6 Å². The average Bonchev–Trinajstić information content (AvgIpc) is 2.93. The number of aliphatic hydroxyl groups is 2. The van der Waals surface area contributed by atoms with Gasteiger partial charge in [-0.2, -0.15) is 0 Å². The number of ether oxygens (including phenoxy) is 1. The number of nitrogens with zero attached hydrogens (tertiary/aromatic N) is 2. The largest absolute Gasteiger partial charge is 0.493 e. The van der Waals surface area contributed by atoms with E-state index in [4.69, 9.17) is 9.84 Å². The topological polar surface area (TPSA) is 103 Å². The van der Waals surface area contributed by atoms with Crippen LogP contribution < -0.4 is 9.64 Å². The molecule has 2 heterocycles. The monoisotopic (exact) mass is 592 g/mol. The van der Waals surface area contributed by atoms with Gasteiger partial charge >= 0.3 is 5.97 Å². The molecule has 1 saturated heterocycles. The van der Waals surface area contributed by atoms with Crippen LogP contribution in [-0.4, -0.2) is 51.6 Å². The molecule has 1 spiro atoms. The van der Waals surface area contributed by atoms with Gasteiger partial charge in [0.2, 0.25) is 0 Å². The highest BCUT2D eigenvalue weighted by Gasteiger charge is 2.40. The summed E-state index contributed by atoms with van der Waals surface area (Å²) in [5, 5.41) is 28.5. The highest BCUT2D eigenvalue weighted by atomic mass is 19.1. The van der Waals surface area contributed by atoms with Crippen LogP contribution in [0.25, 0.3) is 11.1 Å². The third kappa shape index (κ3) is 8.77. The molecule has 1 aliphatic carbocycles. The number of carbonyl (C=O) groups is 1. The van der Waals surface area contributed by atoms with Crippen LogP contribution in [0.15, 0.2) is 48.5 Å². The molecule has 3 N–H and O–H groups in total. The molecule has 3 aromatic rings. The van der Waals surface area contributed by atoms with E-state index in [9.17, 15) is 19.4 Å². The summed E-state index contributed by atoms with van der Waals surface area (Å²) in [6, 6.07) is 14.1. The Morgan fingerprint density at radius 3 is 2.14 bits per heavy atom. The van der Waals surface area contributed by atoms with E-state index in [1.807, 2.05) is 31.2 Å². The maximum atomic E-state index is 13.1. The molecule has 5 rings (SSSR count). The Balaban J connectivity index is 0.000000782. The van der Waals surface area contributed by atoms with Crippen LogP contribution >= 0.6 is 0 Å². The minimum atomic E-state index is -0.892. The van der Waals surface area contributed by atoms with Crippen LogP contribution in [0.3, 0.4) is 0 Å². The second-order valence-electron chi connectivity index (χ2n) is 12.8. The van der Waals surface area contributed by atoms with E-state index in [1.54, 1.807) is 32.9 Å². The summed E-state index contributed by atoms with van der Waals surface area (Å²) < 4.78 is 19.1. The van der Waals surface area contributed by atoms with E-state index in [-0.39, 0.29) is 18.8 Å². The van der Waals surface area contributed by atoms with Gasteiger partial charge in [0.05, 0.1) is 36.6 Å². The van der Waals surface area contributed by atoms with Crippen molar-refractivity contribution in [3.8, 4) is 16.9 Å². The first-order chi connectivity index (χ1) is 20.4. The molecular weight excluding hydrogens is 547 g/mol. The molecule has 0 unspecified atom stereocenters. The Labute approximate surface area is 254 Å². The Hall–Kier alpha value is -3.49. The molecule has 0 radical (unpaired) electrons. The van der Waals surface area contributed by atoms with Gasteiger partial charge < -0.3 is 25.0 Å². The summed E-state index contributed by atoms with van der Waals surface area (Å²) >= 11 is 0. The summed E-state index contributed by atoms with van der Waals surface area (Å²) in [6.45, 7) is 9.04. The van der Waals surface area contributed by atoms with Crippen molar-refractivity contribution in [1.29, 1.82) is 0 Å². The van der Waals surface area contributed by atoms with Crippen molar-refractivity contribution in [1.82, 2.24) is 4.98 Å². The van der Waals surface area contributed by atoms with Gasteiger partial charge in [-0.25, -0.2) is 4.39 Å². The van der Waals surface area contributed by atoms with Gasteiger partial charge in [0.25, 0.3) is 0 Å². The van der Waals surface area contributed by atoms with E-state index in [0.29, 0.717) is 41.1 Å². The molecule has 0 atom stereocenters. The molecule has 0 amide bonds. The van der Waals surface area contributed by atoms with Gasteiger partial charge in [0, 0.05) is 36.3 Å². The lowest BCUT2D eigenvalue weighted by atomic mass is 9.63. The van der Waals surface area contributed by atoms with Crippen molar-refractivity contribution in [2.45, 2.75) is 84.8 Å². The number of benzene rings is 2. The first kappa shape index (κ1) is 32.4. The van der Waals surface area contributed by atoms with Crippen molar-refractivity contribution >= 4 is 11.7 Å². The number of carboxylic acids is 1. The highest BCUT2D eigenvalue weighted by Crippen LogP contribution is 2.50. The van der Waals surface area contributed by atoms with Crippen LogP contribution in [0.2, 0.25) is 0 Å². The summed E-state index contributed by atoms with van der Waals surface area (Å²) in [5.74, 6) is -0.439. The summed E-state index contributed by atoms with van der Waals surface area (Å²) in [6.07, 6.45) is 6.64. The van der Waals surface area contributed by atoms with Crippen LogP contribution in [-0.2, 0) is 24.2 Å². The lowest BCUT2D eigenvalue weighted by molar-refractivity contribution is -0.136. The van der Waals surface area contributed by atoms with E-state index in [1.165, 1.54) is 31.4 Å². The van der Waals surface area contributed by atoms with E-state index >= 15 is 0 Å². The predicted octanol–water partition coefficient (Wildman–Crippen LogP) is 6.48. The van der Waals surface area contributed by atoms with Crippen LogP contribution in [0.5, 0.6) is 5.75 Å². The Morgan fingerprint density at radius 1 is 1.02 bits per heavy atom. The van der Waals surface area contributed by atoms with Gasteiger partial charge in [0.15, 0.2) is 0 Å². The van der Waals surface area contributed by atoms with Gasteiger partial charge in [-0.3, -0.25) is 9.78 Å². The summed E-state index contributed by atoms with van der Waals surface area (Å²) in [5.41, 5.74) is 5.45. The molecule has 2 fully saturated rings. The third-order valence-electron chi connectivity index (χ3n) is 8.30. The first-order valence-corrected chi connectivity index (χ1v) is 15.2. The van der Waals surface area contributed by atoms with Crippen molar-refractivity contribution < 1.29 is 29.2 Å². The number of aliphatic carboxylic acids is 1. The summed E-state index contributed by atoms with van der Waals surface area (Å²) in [4.78, 5) is 18.8. The first-order valence-electron chi connectivity index (χ1n) is 15.2. The van der Waals surface area contributed by atoms with Gasteiger partial charge in [-0.15, -0.1) is 0 Å². The number of carboxylic acid groups (broad SMARTS) is 1. The van der Waals surface area contributed by atoms with Crippen LogP contribution in [0, 0.1) is 18.2 Å². The quantitative estimate of drug-likeness (QED) is 0.261. The molecule has 1 aliphatic heterocycles. The number of aromatic nitrogens is 1. The lowest BCUT2D eigenvalue weighted by Crippen LogP contribution is -2.44. The number of anilines is 1. The maximum Gasteiger partial charge on any atom is 0.307 e. The highest BCUT2D eigenvalue weighted by molar-refractivity contribution is 5.86. The number of halogens is 1. The molecular formula is C35H45FN2O5. The van der Waals surface area contributed by atoms with Gasteiger partial charge in [-0.05, 0) is 94.2 Å². The predicted molar refractivity (Wildman–Crippen MR) is 167 cm³/mol. The van der Waals surface area contributed by atoms with E-state index < -0.39 is 11.6 Å². The second kappa shape index (κ2) is 13.9. The Morgan fingerprint density at radius 2 is 1.63 bits per heavy atom. The van der Waals surface area contributed by atoms with Crippen molar-refractivity contribution in [2.24, 2.45) is 5.41 Å². The fraction of sp³-hybridized carbons (Fsp3) is 0.486. The zero-order valence-corrected chi connectivity index (χ0v) is 25.8. The normalized spacial score (nSPS) is 15.8. The van der Waals surface area contributed by atoms with Crippen LogP contribution in [0.1, 0.15) is 75.4 Å². The molecule has 2 aliphatic rings. The smallest absolute Gasteiger partial charge is 0.307 e. The minimum Gasteiger partial charge on any atom is -0.493 e. The number of hydrogen-bond donors (Lipinski definition) is 3. The number of hydrogen-bond acceptors (Lipinski definition) is 6. The zero-order valence-electron chi connectivity index (χ0n) is 25.8. The lowest BCUT2D eigenvalue weighted by Gasteiger charge is -2.49. The number of piperidine rings is 1. The number of rotatable bonds is 9. The molecule has 1 saturated carbocycles. The van der Waals surface area contributed by atoms with E-state index in [2.05, 4.69) is 9.88 Å². The van der Waals surface area contributed by atoms with Crippen molar-refractivity contribution in [3.05, 3.63) is 76.9 Å². The standard InChI is InChI=1S/C31H35FN2O4.C4H10O/c1-21-26(19-28(36)37)30(34-16-14-31(15-17-34)12-2-13-31)29(27(20-35)33-21)23-5-9-25(10-6-23)38-18-11-22-3-7-24(32)8-4-22;1-4(2,3)5/h3-10,35H,2,11-20H2,1H3,(H,36,37);5H,1-3H3. The number of aliphatic hydroxyl groups excluding tert-OH is 1. The fourth-order valence-corrected chi connectivity index (χ4v) is 5.95. The minimum absolute atomic E-state index is 0.112. The molecule has 1 aromatic heterocycles. The Bertz CT molecular complexity index is 1360. The maximum absolute atomic E-state index is 13.1. The molecule has 7 nitrogen and oxygen atoms in total. The Kier molecular flexibility index (Phi) is 10.5. The van der Waals surface area contributed by atoms with Crippen molar-refractivity contribution in [2.75, 3.05) is 24.6 Å². The van der Waals surface area contributed by atoms with E-state index in [0.717, 1.165) is 48.3 Å². The van der Waals surface area contributed by atoms with Crippen LogP contribution in [0.4, 0.5) is 10.1 Å². The van der Waals surface area contributed by atoms with Crippen molar-refractivity contribution in [3.63, 3.8) is 0 Å².